The predicted octanol–water partition coefficient (Wildman–Crippen LogP) is 6.88. The number of aromatic nitrogens is 5. The van der Waals surface area contributed by atoms with E-state index in [9.17, 15) is 13.2 Å². The van der Waals surface area contributed by atoms with E-state index in [0.717, 1.165) is 35.2 Å². The van der Waals surface area contributed by atoms with Crippen LogP contribution in [0.5, 0.6) is 0 Å². The van der Waals surface area contributed by atoms with Crippen molar-refractivity contribution in [2.24, 2.45) is 0 Å². The van der Waals surface area contributed by atoms with Crippen LogP contribution in [0.3, 0.4) is 0 Å². The summed E-state index contributed by atoms with van der Waals surface area (Å²) in [5.74, 6) is 1.62. The molecule has 6 aromatic rings. The maximum atomic E-state index is 14.1. The van der Waals surface area contributed by atoms with Crippen molar-refractivity contribution in [3.05, 3.63) is 97.1 Å². The van der Waals surface area contributed by atoms with Crippen molar-refractivity contribution in [2.75, 3.05) is 31.1 Å². The second kappa shape index (κ2) is 12.2. The molecule has 12 heteroatoms. The average molecular weight is 688 g/mol. The Hall–Kier alpha value is -5.36. The molecule has 1 aliphatic heterocycles. The fourth-order valence-corrected chi connectivity index (χ4v) is 7.95. The van der Waals surface area contributed by atoms with Gasteiger partial charge in [-0.3, -0.25) is 4.98 Å². The van der Waals surface area contributed by atoms with Crippen molar-refractivity contribution in [3.63, 3.8) is 0 Å². The van der Waals surface area contributed by atoms with Crippen molar-refractivity contribution < 1.29 is 17.9 Å². The van der Waals surface area contributed by atoms with E-state index in [1.54, 1.807) is 53.8 Å². The van der Waals surface area contributed by atoms with Crippen LogP contribution >= 0.6 is 0 Å². The first-order valence-corrected chi connectivity index (χ1v) is 18.3. The SMILES string of the molecule is CC(C)(C)OC(=O)N1CCN(c2nc(-c3ccnc4c3c(-c3ccccc3)cn4S(=O)(=O)c3ccccc3)nc3cncc(C4CC4)c23)CC1. The summed E-state index contributed by atoms with van der Waals surface area (Å²) in [4.78, 5) is 36.6. The van der Waals surface area contributed by atoms with Gasteiger partial charge in [-0.25, -0.2) is 32.1 Å². The number of carbonyl (C=O) groups excluding carboxylic acids is 1. The Balaban J connectivity index is 1.30. The molecule has 8 rings (SSSR count). The van der Waals surface area contributed by atoms with Crippen LogP contribution in [0.2, 0.25) is 0 Å². The number of ether oxygens (including phenoxy) is 1. The number of nitrogens with zero attached hydrogens (tertiary/aromatic N) is 7. The molecule has 2 aliphatic rings. The summed E-state index contributed by atoms with van der Waals surface area (Å²) >= 11 is 0. The lowest BCUT2D eigenvalue weighted by Gasteiger charge is -2.36. The summed E-state index contributed by atoms with van der Waals surface area (Å²) in [5, 5.41) is 1.60. The Morgan fingerprint density at radius 3 is 2.22 bits per heavy atom. The minimum atomic E-state index is -3.99. The summed E-state index contributed by atoms with van der Waals surface area (Å²) < 4.78 is 35.1. The highest BCUT2D eigenvalue weighted by molar-refractivity contribution is 7.90. The molecule has 0 radical (unpaired) electrons. The Labute approximate surface area is 290 Å². The Morgan fingerprint density at radius 2 is 1.54 bits per heavy atom. The normalized spacial score (nSPS) is 15.5. The minimum absolute atomic E-state index is 0.164. The van der Waals surface area contributed by atoms with Crippen molar-refractivity contribution in [3.8, 4) is 22.5 Å². The zero-order chi connectivity index (χ0) is 34.6. The van der Waals surface area contributed by atoms with Crippen LogP contribution in [-0.4, -0.2) is 75.1 Å². The second-order valence-electron chi connectivity index (χ2n) is 13.8. The van der Waals surface area contributed by atoms with Gasteiger partial charge in [-0.05, 0) is 68.9 Å². The molecule has 1 saturated heterocycles. The second-order valence-corrected chi connectivity index (χ2v) is 15.6. The maximum Gasteiger partial charge on any atom is 0.410 e. The molecule has 50 heavy (non-hydrogen) atoms. The third-order valence-electron chi connectivity index (χ3n) is 9.15. The number of pyridine rings is 2. The van der Waals surface area contributed by atoms with Crippen LogP contribution in [0.15, 0.2) is 96.4 Å². The molecule has 254 valence electrons. The molecule has 1 aliphatic carbocycles. The molecule has 4 aromatic heterocycles. The first-order chi connectivity index (χ1) is 24.1. The highest BCUT2D eigenvalue weighted by Crippen LogP contribution is 2.45. The lowest BCUT2D eigenvalue weighted by molar-refractivity contribution is 0.0240. The van der Waals surface area contributed by atoms with Gasteiger partial charge >= 0.3 is 6.09 Å². The van der Waals surface area contributed by atoms with Crippen LogP contribution in [0.1, 0.15) is 45.1 Å². The number of amides is 1. The molecule has 0 unspecified atom stereocenters. The van der Waals surface area contributed by atoms with Gasteiger partial charge < -0.3 is 14.5 Å². The molecule has 0 N–H and O–H groups in total. The molecule has 11 nitrogen and oxygen atoms in total. The first kappa shape index (κ1) is 31.9. The van der Waals surface area contributed by atoms with E-state index in [-0.39, 0.29) is 16.6 Å². The van der Waals surface area contributed by atoms with Gasteiger partial charge in [0.15, 0.2) is 11.5 Å². The van der Waals surface area contributed by atoms with Crippen molar-refractivity contribution in [2.45, 2.75) is 50.0 Å². The topological polar surface area (TPSA) is 123 Å². The zero-order valence-electron chi connectivity index (χ0n) is 28.2. The number of benzene rings is 2. The van der Waals surface area contributed by atoms with Gasteiger partial charge in [0.05, 0.1) is 16.6 Å². The van der Waals surface area contributed by atoms with E-state index in [1.165, 1.54) is 3.97 Å². The third-order valence-corrected chi connectivity index (χ3v) is 10.8. The summed E-state index contributed by atoms with van der Waals surface area (Å²) in [5.41, 5.74) is 3.74. The molecular formula is C38H37N7O4S. The van der Waals surface area contributed by atoms with E-state index in [1.807, 2.05) is 63.4 Å². The van der Waals surface area contributed by atoms with Gasteiger partial charge in [-0.15, -0.1) is 0 Å². The third kappa shape index (κ3) is 5.83. The van der Waals surface area contributed by atoms with Gasteiger partial charge in [0.1, 0.15) is 11.4 Å². The highest BCUT2D eigenvalue weighted by Gasteiger charge is 2.32. The quantitative estimate of drug-likeness (QED) is 0.184. The molecule has 1 amide bonds. The van der Waals surface area contributed by atoms with E-state index in [4.69, 9.17) is 14.7 Å². The lowest BCUT2D eigenvalue weighted by atomic mass is 10.0. The molecule has 0 atom stereocenters. The van der Waals surface area contributed by atoms with Crippen molar-refractivity contribution >= 4 is 43.9 Å². The fourth-order valence-electron chi connectivity index (χ4n) is 6.61. The van der Waals surface area contributed by atoms with Gasteiger partial charge in [-0.2, -0.15) is 0 Å². The highest BCUT2D eigenvalue weighted by atomic mass is 32.2. The van der Waals surface area contributed by atoms with Crippen LogP contribution in [-0.2, 0) is 14.8 Å². The smallest absolute Gasteiger partial charge is 0.410 e. The van der Waals surface area contributed by atoms with E-state index < -0.39 is 15.6 Å². The Morgan fingerprint density at radius 1 is 0.840 bits per heavy atom. The molecular weight excluding hydrogens is 651 g/mol. The van der Waals surface area contributed by atoms with Crippen LogP contribution < -0.4 is 4.90 Å². The maximum absolute atomic E-state index is 14.1. The number of hydrogen-bond donors (Lipinski definition) is 0. The average Bonchev–Trinajstić information content (AvgIpc) is 3.90. The van der Waals surface area contributed by atoms with Crippen LogP contribution in [0.25, 0.3) is 44.5 Å². The number of rotatable bonds is 6. The fraction of sp³-hybridized carbons (Fsp3) is 0.289. The summed E-state index contributed by atoms with van der Waals surface area (Å²) in [7, 11) is -3.99. The Bertz CT molecular complexity index is 2340. The van der Waals surface area contributed by atoms with Gasteiger partial charge in [0.25, 0.3) is 10.0 Å². The van der Waals surface area contributed by atoms with E-state index in [2.05, 4.69) is 14.9 Å². The molecule has 0 spiro atoms. The van der Waals surface area contributed by atoms with Crippen LogP contribution in [0, 0.1) is 0 Å². The predicted molar refractivity (Wildman–Crippen MR) is 193 cm³/mol. The lowest BCUT2D eigenvalue weighted by Crippen LogP contribution is -2.50. The molecule has 0 bridgehead atoms. The number of fused-ring (bicyclic) bond motifs is 2. The van der Waals surface area contributed by atoms with Crippen molar-refractivity contribution in [1.82, 2.24) is 28.8 Å². The molecule has 2 fully saturated rings. The summed E-state index contributed by atoms with van der Waals surface area (Å²) in [6, 6.07) is 19.9. The van der Waals surface area contributed by atoms with Crippen molar-refractivity contribution in [1.29, 1.82) is 0 Å². The molecule has 2 aromatic carbocycles. The van der Waals surface area contributed by atoms with E-state index >= 15 is 0 Å². The summed E-state index contributed by atoms with van der Waals surface area (Å²) in [6.07, 6.45) is 8.80. The number of hydrogen-bond acceptors (Lipinski definition) is 9. The molecule has 5 heterocycles. The standard InChI is InChI=1S/C38H37N7O4S/c1-38(2,3)49-37(46)44-20-18-43(19-21-44)36-33-29(26-14-15-26)22-39-23-31(33)41-34(42-36)28-16-17-40-35-32(28)30(25-10-6-4-7-11-25)24-45(35)50(47,48)27-12-8-5-9-13-27/h4-13,16-17,22-24,26H,14-15,18-21H2,1-3H3. The number of anilines is 1. The monoisotopic (exact) mass is 687 g/mol. The zero-order valence-corrected chi connectivity index (χ0v) is 29.0. The summed E-state index contributed by atoms with van der Waals surface area (Å²) in [6.45, 7) is 7.69. The van der Waals surface area contributed by atoms with Gasteiger partial charge in [0, 0.05) is 66.7 Å². The van der Waals surface area contributed by atoms with Gasteiger partial charge in [-0.1, -0.05) is 48.5 Å². The number of piperazine rings is 1. The minimum Gasteiger partial charge on any atom is -0.444 e. The Kier molecular flexibility index (Phi) is 7.78. The van der Waals surface area contributed by atoms with E-state index in [0.29, 0.717) is 60.0 Å². The largest absolute Gasteiger partial charge is 0.444 e. The van der Waals surface area contributed by atoms with Crippen LogP contribution in [0.4, 0.5) is 10.6 Å². The van der Waals surface area contributed by atoms with Gasteiger partial charge in [0.2, 0.25) is 0 Å². The molecule has 1 saturated carbocycles. The first-order valence-electron chi connectivity index (χ1n) is 16.8. The number of carbonyl (C=O) groups is 1.